The van der Waals surface area contributed by atoms with Gasteiger partial charge in [-0.05, 0) is 18.6 Å². The molecule has 1 aromatic carbocycles. The van der Waals surface area contributed by atoms with Crippen LogP contribution in [0.5, 0.6) is 0 Å². The molecule has 0 spiro atoms. The van der Waals surface area contributed by atoms with E-state index in [4.69, 9.17) is 15.3 Å². The van der Waals surface area contributed by atoms with Gasteiger partial charge in [-0.2, -0.15) is 0 Å². The minimum absolute atomic E-state index is 0.0677. The van der Waals surface area contributed by atoms with E-state index in [-0.39, 0.29) is 19.6 Å². The first-order valence-corrected chi connectivity index (χ1v) is 5.35. The van der Waals surface area contributed by atoms with Gasteiger partial charge in [0, 0.05) is 6.61 Å². The molecule has 0 saturated heterocycles. The third-order valence-corrected chi connectivity index (χ3v) is 2.23. The van der Waals surface area contributed by atoms with Crippen molar-refractivity contribution >= 4 is 11.9 Å². The highest BCUT2D eigenvalue weighted by Gasteiger charge is 2.28. The number of esters is 2. The summed E-state index contributed by atoms with van der Waals surface area (Å²) in [6, 6.07) is 6.53. The van der Waals surface area contributed by atoms with Crippen LogP contribution in [0.25, 0.3) is 0 Å². The lowest BCUT2D eigenvalue weighted by molar-refractivity contribution is 0.0443. The van der Waals surface area contributed by atoms with E-state index >= 15 is 0 Å². The Bertz CT molecular complexity index is 395. The zero-order valence-electron chi connectivity index (χ0n) is 9.57. The maximum absolute atomic E-state index is 10.8. The van der Waals surface area contributed by atoms with E-state index in [1.807, 2.05) is 0 Å². The summed E-state index contributed by atoms with van der Waals surface area (Å²) >= 11 is 0. The van der Waals surface area contributed by atoms with E-state index in [1.54, 1.807) is 24.3 Å². The third-order valence-electron chi connectivity index (χ3n) is 2.23. The van der Waals surface area contributed by atoms with E-state index in [0.717, 1.165) is 0 Å². The van der Waals surface area contributed by atoms with Crippen LogP contribution in [0.1, 0.15) is 27.1 Å². The summed E-state index contributed by atoms with van der Waals surface area (Å²) in [5.41, 5.74) is 0.718. The van der Waals surface area contributed by atoms with E-state index in [9.17, 15) is 9.59 Å². The minimum atomic E-state index is -0.745. The summed E-state index contributed by atoms with van der Waals surface area (Å²) in [4.78, 5) is 21.7. The molecule has 1 heterocycles. The smallest absolute Gasteiger partial charge is 0.346 e. The zero-order valence-corrected chi connectivity index (χ0v) is 9.57. The molecular formula is C12H14O6. The van der Waals surface area contributed by atoms with Gasteiger partial charge in [0.2, 0.25) is 0 Å². The van der Waals surface area contributed by atoms with Crippen molar-refractivity contribution in [2.24, 2.45) is 0 Å². The number of hydrogen-bond donors (Lipinski definition) is 3. The van der Waals surface area contributed by atoms with Gasteiger partial charge >= 0.3 is 11.9 Å². The van der Waals surface area contributed by atoms with Gasteiger partial charge in [0.15, 0.2) is 0 Å². The SMILES string of the molecule is O=C1OC(=O)c2ccccc21.OCCC(O)CO. The van der Waals surface area contributed by atoms with E-state index in [1.165, 1.54) is 0 Å². The molecule has 0 radical (unpaired) electrons. The molecule has 18 heavy (non-hydrogen) atoms. The Morgan fingerprint density at radius 2 is 1.56 bits per heavy atom. The van der Waals surface area contributed by atoms with Crippen LogP contribution in [0, 0.1) is 0 Å². The van der Waals surface area contributed by atoms with Crippen LogP contribution in [0.4, 0.5) is 0 Å². The standard InChI is InChI=1S/C8H4O3.C4H10O3/c9-7-5-3-1-2-4-6(5)8(10)11-7;5-2-1-4(7)3-6/h1-4H;4-7H,1-3H2. The van der Waals surface area contributed by atoms with E-state index in [2.05, 4.69) is 4.74 Å². The normalized spacial score (nSPS) is 14.4. The van der Waals surface area contributed by atoms with Crippen molar-refractivity contribution in [2.45, 2.75) is 12.5 Å². The molecule has 0 aromatic heterocycles. The quantitative estimate of drug-likeness (QED) is 0.506. The fraction of sp³-hybridized carbons (Fsp3) is 0.333. The first-order chi connectivity index (χ1) is 8.60. The van der Waals surface area contributed by atoms with Gasteiger partial charge in [-0.1, -0.05) is 12.1 Å². The molecule has 6 nitrogen and oxygen atoms in total. The van der Waals surface area contributed by atoms with Crippen molar-refractivity contribution in [3.05, 3.63) is 35.4 Å². The Kier molecular flexibility index (Phi) is 5.44. The lowest BCUT2D eigenvalue weighted by Gasteiger charge is -2.00. The highest BCUT2D eigenvalue weighted by molar-refractivity contribution is 6.14. The van der Waals surface area contributed by atoms with Crippen molar-refractivity contribution in [3.8, 4) is 0 Å². The van der Waals surface area contributed by atoms with Crippen molar-refractivity contribution in [2.75, 3.05) is 13.2 Å². The Balaban J connectivity index is 0.000000203. The second kappa shape index (κ2) is 6.85. The summed E-state index contributed by atoms with van der Waals surface area (Å²) in [5, 5.41) is 24.6. The molecule has 0 amide bonds. The largest absolute Gasteiger partial charge is 0.396 e. The summed E-state index contributed by atoms with van der Waals surface area (Å²) < 4.78 is 4.35. The molecule has 0 saturated carbocycles. The maximum Gasteiger partial charge on any atom is 0.346 e. The summed E-state index contributed by atoms with van der Waals surface area (Å²) in [5.74, 6) is -1.10. The predicted molar refractivity (Wildman–Crippen MR) is 61.0 cm³/mol. The number of fused-ring (bicyclic) bond motifs is 1. The van der Waals surface area contributed by atoms with Crippen molar-refractivity contribution in [1.29, 1.82) is 0 Å². The second-order valence-corrected chi connectivity index (χ2v) is 3.57. The van der Waals surface area contributed by atoms with Gasteiger partial charge in [0.1, 0.15) is 0 Å². The fourth-order valence-electron chi connectivity index (χ4n) is 1.27. The molecule has 0 fully saturated rings. The average molecular weight is 254 g/mol. The van der Waals surface area contributed by atoms with Gasteiger partial charge in [0.05, 0.1) is 23.8 Å². The van der Waals surface area contributed by atoms with Crippen LogP contribution in [-0.2, 0) is 4.74 Å². The highest BCUT2D eigenvalue weighted by Crippen LogP contribution is 2.18. The lowest BCUT2D eigenvalue weighted by atomic mass is 10.1. The Morgan fingerprint density at radius 3 is 1.89 bits per heavy atom. The molecule has 1 unspecified atom stereocenters. The van der Waals surface area contributed by atoms with Crippen LogP contribution in [0.3, 0.4) is 0 Å². The van der Waals surface area contributed by atoms with Gasteiger partial charge < -0.3 is 20.1 Å². The van der Waals surface area contributed by atoms with Crippen LogP contribution in [0.15, 0.2) is 24.3 Å². The monoisotopic (exact) mass is 254 g/mol. The maximum atomic E-state index is 10.8. The van der Waals surface area contributed by atoms with Gasteiger partial charge in [0.25, 0.3) is 0 Å². The Labute approximate surface area is 103 Å². The first kappa shape index (κ1) is 14.3. The number of benzene rings is 1. The highest BCUT2D eigenvalue weighted by atomic mass is 16.6. The van der Waals surface area contributed by atoms with Gasteiger partial charge in [-0.15, -0.1) is 0 Å². The number of aliphatic hydroxyl groups excluding tert-OH is 3. The number of hydrogen-bond acceptors (Lipinski definition) is 6. The number of carbonyl (C=O) groups is 2. The lowest BCUT2D eigenvalue weighted by Crippen LogP contribution is -2.12. The zero-order chi connectivity index (χ0) is 13.5. The van der Waals surface area contributed by atoms with Crippen LogP contribution in [0.2, 0.25) is 0 Å². The molecule has 1 aromatic rings. The molecule has 98 valence electrons. The minimum Gasteiger partial charge on any atom is -0.396 e. The molecule has 1 atom stereocenters. The van der Waals surface area contributed by atoms with Crippen molar-refractivity contribution in [1.82, 2.24) is 0 Å². The molecule has 3 N–H and O–H groups in total. The van der Waals surface area contributed by atoms with Crippen LogP contribution in [-0.4, -0.2) is 46.6 Å². The number of ether oxygens (including phenoxy) is 1. The second-order valence-electron chi connectivity index (χ2n) is 3.57. The third kappa shape index (κ3) is 3.63. The van der Waals surface area contributed by atoms with Gasteiger partial charge in [-0.25, -0.2) is 9.59 Å². The van der Waals surface area contributed by atoms with Crippen LogP contribution < -0.4 is 0 Å². The topological polar surface area (TPSA) is 104 Å². The number of aliphatic hydroxyl groups is 3. The predicted octanol–water partition coefficient (Wildman–Crippen LogP) is -0.281. The van der Waals surface area contributed by atoms with Crippen LogP contribution >= 0.6 is 0 Å². The molecule has 2 rings (SSSR count). The summed E-state index contributed by atoms with van der Waals surface area (Å²) in [7, 11) is 0. The molecule has 1 aliphatic rings. The van der Waals surface area contributed by atoms with Crippen molar-refractivity contribution < 1.29 is 29.6 Å². The molecule has 0 aliphatic carbocycles. The molecular weight excluding hydrogens is 240 g/mol. The number of carbonyl (C=O) groups excluding carboxylic acids is 2. The number of rotatable bonds is 3. The van der Waals surface area contributed by atoms with E-state index in [0.29, 0.717) is 11.1 Å². The summed E-state index contributed by atoms with van der Waals surface area (Å²) in [6.45, 7) is -0.331. The Morgan fingerprint density at radius 1 is 1.06 bits per heavy atom. The Hall–Kier alpha value is -1.76. The summed E-state index contributed by atoms with van der Waals surface area (Å²) in [6.07, 6.45) is -0.485. The van der Waals surface area contributed by atoms with E-state index < -0.39 is 18.0 Å². The molecule has 6 heteroatoms. The van der Waals surface area contributed by atoms with Crippen molar-refractivity contribution in [3.63, 3.8) is 0 Å². The van der Waals surface area contributed by atoms with Gasteiger partial charge in [-0.3, -0.25) is 0 Å². The first-order valence-electron chi connectivity index (χ1n) is 5.35. The molecule has 1 aliphatic heterocycles. The number of cyclic esters (lactones) is 2. The molecule has 0 bridgehead atoms. The average Bonchev–Trinajstić information content (AvgIpc) is 2.67. The fourth-order valence-corrected chi connectivity index (χ4v) is 1.27.